The van der Waals surface area contributed by atoms with Gasteiger partial charge in [0.25, 0.3) is 0 Å². The van der Waals surface area contributed by atoms with Crippen LogP contribution in [0.25, 0.3) is 0 Å². The van der Waals surface area contributed by atoms with Crippen LogP contribution in [0.5, 0.6) is 17.2 Å². The van der Waals surface area contributed by atoms with Crippen LogP contribution in [0, 0.1) is 5.92 Å². The van der Waals surface area contributed by atoms with Gasteiger partial charge in [-0.3, -0.25) is 0 Å². The summed E-state index contributed by atoms with van der Waals surface area (Å²) in [5, 5.41) is 10.4. The zero-order valence-corrected chi connectivity index (χ0v) is 15.2. The number of rotatable bonds is 8. The van der Waals surface area contributed by atoms with Crippen molar-refractivity contribution in [3.63, 3.8) is 0 Å². The number of hydrogen-bond donors (Lipinski definition) is 2. The average molecular weight is 345 g/mol. The first-order valence-electron chi connectivity index (χ1n) is 8.34. The maximum atomic E-state index is 10.4. The van der Waals surface area contributed by atoms with E-state index in [0.29, 0.717) is 29.4 Å². The molecule has 0 spiro atoms. The van der Waals surface area contributed by atoms with Crippen LogP contribution in [0.1, 0.15) is 31.0 Å². The van der Waals surface area contributed by atoms with Crippen molar-refractivity contribution in [3.05, 3.63) is 53.6 Å². The van der Waals surface area contributed by atoms with Crippen LogP contribution in [0.4, 0.5) is 0 Å². The minimum atomic E-state index is -0.697. The van der Waals surface area contributed by atoms with Crippen molar-refractivity contribution in [2.24, 2.45) is 11.7 Å². The SMILES string of the molecule is COc1cc(OCc2ccccc2)c([C@H](N)[C@H](O)C(C)C)cc1OC. The lowest BCUT2D eigenvalue weighted by atomic mass is 9.93. The van der Waals surface area contributed by atoms with E-state index in [2.05, 4.69) is 0 Å². The smallest absolute Gasteiger partial charge is 0.164 e. The lowest BCUT2D eigenvalue weighted by Crippen LogP contribution is -2.31. The molecule has 0 aliphatic rings. The largest absolute Gasteiger partial charge is 0.493 e. The Morgan fingerprint density at radius 1 is 0.960 bits per heavy atom. The molecule has 5 nitrogen and oxygen atoms in total. The summed E-state index contributed by atoms with van der Waals surface area (Å²) in [5.41, 5.74) is 8.03. The molecular weight excluding hydrogens is 318 g/mol. The van der Waals surface area contributed by atoms with Crippen molar-refractivity contribution in [1.29, 1.82) is 0 Å². The van der Waals surface area contributed by atoms with Crippen molar-refractivity contribution in [3.8, 4) is 17.2 Å². The van der Waals surface area contributed by atoms with Gasteiger partial charge in [-0.1, -0.05) is 44.2 Å². The number of benzene rings is 2. The van der Waals surface area contributed by atoms with Gasteiger partial charge in [0.15, 0.2) is 11.5 Å². The molecule has 0 bridgehead atoms. The van der Waals surface area contributed by atoms with Crippen LogP contribution < -0.4 is 19.9 Å². The molecule has 0 fully saturated rings. The van der Waals surface area contributed by atoms with Gasteiger partial charge in [0, 0.05) is 11.6 Å². The Hall–Kier alpha value is -2.24. The first-order chi connectivity index (χ1) is 12.0. The van der Waals surface area contributed by atoms with Crippen molar-refractivity contribution in [2.45, 2.75) is 32.6 Å². The summed E-state index contributed by atoms with van der Waals surface area (Å²) >= 11 is 0. The Kier molecular flexibility index (Phi) is 6.67. The van der Waals surface area contributed by atoms with Gasteiger partial charge in [-0.05, 0) is 17.5 Å². The van der Waals surface area contributed by atoms with E-state index in [1.165, 1.54) is 0 Å². The van der Waals surface area contributed by atoms with Gasteiger partial charge in [-0.15, -0.1) is 0 Å². The van der Waals surface area contributed by atoms with Gasteiger partial charge in [-0.2, -0.15) is 0 Å². The number of nitrogens with two attached hydrogens (primary N) is 1. The summed E-state index contributed by atoms with van der Waals surface area (Å²) in [4.78, 5) is 0. The van der Waals surface area contributed by atoms with Gasteiger partial charge >= 0.3 is 0 Å². The Bertz CT molecular complexity index is 673. The van der Waals surface area contributed by atoms with Crippen molar-refractivity contribution >= 4 is 0 Å². The molecule has 0 radical (unpaired) electrons. The summed E-state index contributed by atoms with van der Waals surface area (Å²) in [5.74, 6) is 1.70. The van der Waals surface area contributed by atoms with Gasteiger partial charge in [0.1, 0.15) is 12.4 Å². The van der Waals surface area contributed by atoms with E-state index in [4.69, 9.17) is 19.9 Å². The number of methoxy groups -OCH3 is 2. The molecule has 0 saturated heterocycles. The highest BCUT2D eigenvalue weighted by Gasteiger charge is 2.25. The summed E-state index contributed by atoms with van der Waals surface area (Å²) in [7, 11) is 3.14. The summed E-state index contributed by atoms with van der Waals surface area (Å²) < 4.78 is 16.7. The second-order valence-corrected chi connectivity index (χ2v) is 6.28. The lowest BCUT2D eigenvalue weighted by molar-refractivity contribution is 0.0963. The van der Waals surface area contributed by atoms with E-state index >= 15 is 0 Å². The van der Waals surface area contributed by atoms with Crippen molar-refractivity contribution < 1.29 is 19.3 Å². The standard InChI is InChI=1S/C20H27NO4/c1-13(2)20(22)19(21)15-10-17(23-3)18(24-4)11-16(15)25-12-14-8-6-5-7-9-14/h5-11,13,19-20,22H,12,21H2,1-4H3/t19-,20+/m0/s1. The molecule has 0 saturated carbocycles. The number of aliphatic hydroxyl groups is 1. The number of aliphatic hydroxyl groups excluding tert-OH is 1. The highest BCUT2D eigenvalue weighted by molar-refractivity contribution is 5.52. The molecule has 2 aromatic rings. The Balaban J connectivity index is 2.37. The first-order valence-corrected chi connectivity index (χ1v) is 8.34. The normalized spacial score (nSPS) is 13.4. The van der Waals surface area contributed by atoms with E-state index in [1.54, 1.807) is 26.4 Å². The molecule has 2 atom stereocenters. The molecule has 2 aromatic carbocycles. The number of hydrogen-bond acceptors (Lipinski definition) is 5. The Morgan fingerprint density at radius 3 is 2.12 bits per heavy atom. The maximum Gasteiger partial charge on any atom is 0.164 e. The fraction of sp³-hybridized carbons (Fsp3) is 0.400. The van der Waals surface area contributed by atoms with Gasteiger partial charge in [0.05, 0.1) is 26.4 Å². The zero-order chi connectivity index (χ0) is 18.4. The summed E-state index contributed by atoms with van der Waals surface area (Å²) in [6, 6.07) is 12.8. The highest BCUT2D eigenvalue weighted by atomic mass is 16.5. The monoisotopic (exact) mass is 345 g/mol. The van der Waals surface area contributed by atoms with E-state index < -0.39 is 12.1 Å². The molecule has 2 rings (SSSR count). The van der Waals surface area contributed by atoms with Crippen LogP contribution in [0.15, 0.2) is 42.5 Å². The second-order valence-electron chi connectivity index (χ2n) is 6.28. The van der Waals surface area contributed by atoms with Crippen LogP contribution in [-0.2, 0) is 6.61 Å². The molecule has 136 valence electrons. The second kappa shape index (κ2) is 8.74. The minimum Gasteiger partial charge on any atom is -0.493 e. The highest BCUT2D eigenvalue weighted by Crippen LogP contribution is 2.38. The van der Waals surface area contributed by atoms with E-state index in [9.17, 15) is 5.11 Å². The molecular formula is C20H27NO4. The van der Waals surface area contributed by atoms with E-state index in [0.717, 1.165) is 5.56 Å². The third-order valence-electron chi connectivity index (χ3n) is 4.16. The van der Waals surface area contributed by atoms with Crippen LogP contribution in [0.3, 0.4) is 0 Å². The predicted octanol–water partition coefficient (Wildman–Crippen LogP) is 3.30. The Labute approximate surface area is 149 Å². The predicted molar refractivity (Wildman–Crippen MR) is 98.1 cm³/mol. The molecule has 0 heterocycles. The maximum absolute atomic E-state index is 10.4. The minimum absolute atomic E-state index is 0.0186. The molecule has 0 unspecified atom stereocenters. The van der Waals surface area contributed by atoms with E-state index in [1.807, 2.05) is 44.2 Å². The van der Waals surface area contributed by atoms with Crippen molar-refractivity contribution in [1.82, 2.24) is 0 Å². The van der Waals surface area contributed by atoms with Gasteiger partial charge < -0.3 is 25.1 Å². The van der Waals surface area contributed by atoms with Gasteiger partial charge in [-0.25, -0.2) is 0 Å². The zero-order valence-electron chi connectivity index (χ0n) is 15.2. The fourth-order valence-corrected chi connectivity index (χ4v) is 2.60. The third-order valence-corrected chi connectivity index (χ3v) is 4.16. The molecule has 0 amide bonds. The molecule has 0 aromatic heterocycles. The molecule has 5 heteroatoms. The first kappa shape index (κ1) is 19.1. The number of ether oxygens (including phenoxy) is 3. The average Bonchev–Trinajstić information content (AvgIpc) is 2.65. The summed E-state index contributed by atoms with van der Waals surface area (Å²) in [6.07, 6.45) is -0.697. The molecule has 25 heavy (non-hydrogen) atoms. The topological polar surface area (TPSA) is 73.9 Å². The molecule has 0 aliphatic heterocycles. The molecule has 0 aliphatic carbocycles. The van der Waals surface area contributed by atoms with E-state index in [-0.39, 0.29) is 5.92 Å². The lowest BCUT2D eigenvalue weighted by Gasteiger charge is -2.25. The van der Waals surface area contributed by atoms with Crippen molar-refractivity contribution in [2.75, 3.05) is 14.2 Å². The summed E-state index contributed by atoms with van der Waals surface area (Å²) in [6.45, 7) is 4.25. The van der Waals surface area contributed by atoms with Crippen LogP contribution in [0.2, 0.25) is 0 Å². The fourth-order valence-electron chi connectivity index (χ4n) is 2.60. The quantitative estimate of drug-likeness (QED) is 0.768. The van der Waals surface area contributed by atoms with Crippen LogP contribution >= 0.6 is 0 Å². The Morgan fingerprint density at radius 2 is 1.56 bits per heavy atom. The third kappa shape index (κ3) is 4.65. The molecule has 3 N–H and O–H groups in total. The van der Waals surface area contributed by atoms with Crippen LogP contribution in [-0.4, -0.2) is 25.4 Å². The van der Waals surface area contributed by atoms with Gasteiger partial charge in [0.2, 0.25) is 0 Å².